The van der Waals surface area contributed by atoms with Crippen LogP contribution >= 0.6 is 0 Å². The van der Waals surface area contributed by atoms with Crippen molar-refractivity contribution in [3.63, 3.8) is 0 Å². The summed E-state index contributed by atoms with van der Waals surface area (Å²) in [5.41, 5.74) is 5.61. The summed E-state index contributed by atoms with van der Waals surface area (Å²) in [4.78, 5) is 0.0334. The molecule has 0 aliphatic heterocycles. The van der Waals surface area contributed by atoms with Gasteiger partial charge in [0.2, 0.25) is 10.0 Å². The van der Waals surface area contributed by atoms with E-state index in [4.69, 9.17) is 5.73 Å². The molecule has 1 aromatic heterocycles. The largest absolute Gasteiger partial charge is 0.381 e. The van der Waals surface area contributed by atoms with Crippen LogP contribution in [0.15, 0.2) is 11.1 Å². The van der Waals surface area contributed by atoms with Crippen molar-refractivity contribution < 1.29 is 8.42 Å². The maximum absolute atomic E-state index is 12.1. The number of nitrogens with zero attached hydrogens (tertiary/aromatic N) is 2. The first kappa shape index (κ1) is 15.0. The SMILES string of the molecule is CC(CNS(=O)(=O)c1cn(C)nc1N)C(C)(C)C. The Hall–Kier alpha value is -1.08. The lowest BCUT2D eigenvalue weighted by atomic mass is 9.82. The summed E-state index contributed by atoms with van der Waals surface area (Å²) in [5.74, 6) is 0.235. The first-order valence-corrected chi connectivity index (χ1v) is 7.31. The van der Waals surface area contributed by atoms with E-state index in [1.165, 1.54) is 10.9 Å². The van der Waals surface area contributed by atoms with Gasteiger partial charge in [0.05, 0.1) is 0 Å². The molecule has 0 saturated heterocycles. The highest BCUT2D eigenvalue weighted by Gasteiger charge is 2.25. The van der Waals surface area contributed by atoms with Crippen molar-refractivity contribution in [1.29, 1.82) is 0 Å². The molecule has 1 rings (SSSR count). The van der Waals surface area contributed by atoms with E-state index in [1.54, 1.807) is 7.05 Å². The van der Waals surface area contributed by atoms with Crippen LogP contribution in [0.25, 0.3) is 0 Å². The molecule has 0 radical (unpaired) electrons. The fourth-order valence-electron chi connectivity index (χ4n) is 1.31. The molecule has 0 bridgehead atoms. The Morgan fingerprint density at radius 2 is 2.06 bits per heavy atom. The molecule has 0 aliphatic carbocycles. The number of nitrogens with two attached hydrogens (primary N) is 1. The third kappa shape index (κ3) is 3.46. The number of anilines is 1. The summed E-state index contributed by atoms with van der Waals surface area (Å²) in [7, 11) is -1.95. The van der Waals surface area contributed by atoms with Crippen molar-refractivity contribution in [2.75, 3.05) is 12.3 Å². The van der Waals surface area contributed by atoms with Gasteiger partial charge in [0.25, 0.3) is 0 Å². The van der Waals surface area contributed by atoms with Gasteiger partial charge in [0, 0.05) is 19.8 Å². The first-order chi connectivity index (χ1) is 8.04. The van der Waals surface area contributed by atoms with Crippen LogP contribution in [0.3, 0.4) is 0 Å². The number of rotatable bonds is 4. The molecular formula is C11H22N4O2S. The Morgan fingerprint density at radius 3 is 2.44 bits per heavy atom. The number of aromatic nitrogens is 2. The summed E-state index contributed by atoms with van der Waals surface area (Å²) in [6.07, 6.45) is 1.40. The minimum atomic E-state index is -3.58. The Bertz CT molecular complexity index is 514. The van der Waals surface area contributed by atoms with E-state index in [1.807, 2.05) is 6.92 Å². The van der Waals surface area contributed by atoms with Crippen molar-refractivity contribution in [1.82, 2.24) is 14.5 Å². The van der Waals surface area contributed by atoms with Crippen LogP contribution in [-0.2, 0) is 17.1 Å². The van der Waals surface area contributed by atoms with Gasteiger partial charge >= 0.3 is 0 Å². The lowest BCUT2D eigenvalue weighted by molar-refractivity contribution is 0.263. The molecule has 3 N–H and O–H groups in total. The van der Waals surface area contributed by atoms with E-state index in [0.717, 1.165) is 0 Å². The molecule has 0 aliphatic rings. The molecule has 0 amide bonds. The normalized spacial score (nSPS) is 14.7. The molecule has 0 fully saturated rings. The second kappa shape index (κ2) is 4.89. The molecule has 104 valence electrons. The van der Waals surface area contributed by atoms with Gasteiger partial charge in [-0.05, 0) is 11.3 Å². The quantitative estimate of drug-likeness (QED) is 0.855. The summed E-state index contributed by atoms with van der Waals surface area (Å²) in [6, 6.07) is 0. The van der Waals surface area contributed by atoms with Gasteiger partial charge in [-0.15, -0.1) is 0 Å². The monoisotopic (exact) mass is 274 g/mol. The van der Waals surface area contributed by atoms with Crippen LogP contribution in [0, 0.1) is 11.3 Å². The highest BCUT2D eigenvalue weighted by molar-refractivity contribution is 7.89. The number of aryl methyl sites for hydroxylation is 1. The number of hydrogen-bond acceptors (Lipinski definition) is 4. The maximum atomic E-state index is 12.1. The zero-order valence-electron chi connectivity index (χ0n) is 11.6. The Labute approximate surface area is 109 Å². The summed E-state index contributed by atoms with van der Waals surface area (Å²) in [5, 5.41) is 3.83. The maximum Gasteiger partial charge on any atom is 0.245 e. The van der Waals surface area contributed by atoms with Crippen LogP contribution in [0.1, 0.15) is 27.7 Å². The smallest absolute Gasteiger partial charge is 0.245 e. The molecule has 1 aromatic rings. The van der Waals surface area contributed by atoms with Gasteiger partial charge in [-0.1, -0.05) is 27.7 Å². The molecule has 1 atom stereocenters. The zero-order chi connectivity index (χ0) is 14.1. The fourth-order valence-corrected chi connectivity index (χ4v) is 2.54. The fraction of sp³-hybridized carbons (Fsp3) is 0.727. The molecule has 1 unspecified atom stereocenters. The molecule has 0 saturated carbocycles. The molecule has 1 heterocycles. The van der Waals surface area contributed by atoms with Gasteiger partial charge in [-0.2, -0.15) is 5.10 Å². The third-order valence-corrected chi connectivity index (χ3v) is 4.61. The summed E-state index contributed by atoms with van der Waals surface area (Å²) in [6.45, 7) is 8.61. The second-order valence-corrected chi connectivity index (χ2v) is 7.41. The van der Waals surface area contributed by atoms with Crippen molar-refractivity contribution in [2.45, 2.75) is 32.6 Å². The van der Waals surface area contributed by atoms with Crippen LogP contribution in [0.4, 0.5) is 5.82 Å². The molecule has 7 heteroatoms. The topological polar surface area (TPSA) is 90.0 Å². The van der Waals surface area contributed by atoms with Crippen molar-refractivity contribution in [3.05, 3.63) is 6.20 Å². The van der Waals surface area contributed by atoms with E-state index in [-0.39, 0.29) is 22.0 Å². The Kier molecular flexibility index (Phi) is 4.07. The minimum Gasteiger partial charge on any atom is -0.381 e. The van der Waals surface area contributed by atoms with Gasteiger partial charge in [-0.25, -0.2) is 13.1 Å². The summed E-state index contributed by atoms with van der Waals surface area (Å²) < 4.78 is 28.1. The van der Waals surface area contributed by atoms with E-state index in [2.05, 4.69) is 30.6 Å². The highest BCUT2D eigenvalue weighted by atomic mass is 32.2. The molecule has 18 heavy (non-hydrogen) atoms. The van der Waals surface area contributed by atoms with E-state index < -0.39 is 10.0 Å². The molecule has 0 aromatic carbocycles. The lowest BCUT2D eigenvalue weighted by Crippen LogP contribution is -2.33. The van der Waals surface area contributed by atoms with Crippen LogP contribution < -0.4 is 10.5 Å². The van der Waals surface area contributed by atoms with E-state index in [0.29, 0.717) is 6.54 Å². The third-order valence-electron chi connectivity index (χ3n) is 3.17. The average Bonchev–Trinajstić information content (AvgIpc) is 2.53. The van der Waals surface area contributed by atoms with Crippen LogP contribution in [-0.4, -0.2) is 24.7 Å². The second-order valence-electron chi connectivity index (χ2n) is 5.67. The van der Waals surface area contributed by atoms with E-state index in [9.17, 15) is 8.42 Å². The zero-order valence-corrected chi connectivity index (χ0v) is 12.4. The van der Waals surface area contributed by atoms with Crippen LogP contribution in [0.5, 0.6) is 0 Å². The van der Waals surface area contributed by atoms with Gasteiger partial charge < -0.3 is 5.73 Å². The molecule has 6 nitrogen and oxygen atoms in total. The number of sulfonamides is 1. The number of nitrogen functional groups attached to an aromatic ring is 1. The number of hydrogen-bond donors (Lipinski definition) is 2. The predicted octanol–water partition coefficient (Wildman–Crippen LogP) is 0.963. The standard InChI is InChI=1S/C11H22N4O2S/c1-8(11(2,3)4)6-13-18(16,17)9-7-15(5)14-10(9)12/h7-8,13H,6H2,1-5H3,(H2,12,14). The van der Waals surface area contributed by atoms with Gasteiger partial charge in [0.1, 0.15) is 4.90 Å². The Morgan fingerprint density at radius 1 is 1.50 bits per heavy atom. The lowest BCUT2D eigenvalue weighted by Gasteiger charge is -2.27. The van der Waals surface area contributed by atoms with E-state index >= 15 is 0 Å². The van der Waals surface area contributed by atoms with Crippen molar-refractivity contribution >= 4 is 15.8 Å². The highest BCUT2D eigenvalue weighted by Crippen LogP contribution is 2.25. The predicted molar refractivity (Wildman–Crippen MR) is 71.4 cm³/mol. The molecule has 0 spiro atoms. The first-order valence-electron chi connectivity index (χ1n) is 5.83. The average molecular weight is 274 g/mol. The van der Waals surface area contributed by atoms with Gasteiger partial charge in [0.15, 0.2) is 5.82 Å². The van der Waals surface area contributed by atoms with Crippen molar-refractivity contribution in [2.24, 2.45) is 18.4 Å². The number of nitrogens with one attached hydrogen (secondary N) is 1. The van der Waals surface area contributed by atoms with Gasteiger partial charge in [-0.3, -0.25) is 4.68 Å². The minimum absolute atomic E-state index is 0.0217. The Balaban J connectivity index is 2.81. The molecular weight excluding hydrogens is 252 g/mol. The van der Waals surface area contributed by atoms with Crippen LogP contribution in [0.2, 0.25) is 0 Å². The summed E-state index contributed by atoms with van der Waals surface area (Å²) >= 11 is 0. The van der Waals surface area contributed by atoms with Crippen molar-refractivity contribution in [3.8, 4) is 0 Å².